The molecule has 0 spiro atoms. The summed E-state index contributed by atoms with van der Waals surface area (Å²) in [5.74, 6) is 3.95. The zero-order valence-electron chi connectivity index (χ0n) is 10.6. The minimum Gasteiger partial charge on any atom is -0.0651 e. The third kappa shape index (κ3) is 2.74. The van der Waals surface area contributed by atoms with Gasteiger partial charge in [0.05, 0.1) is 0 Å². The zero-order valence-corrected chi connectivity index (χ0v) is 10.6. The predicted octanol–water partition coefficient (Wildman–Crippen LogP) is 4.89. The van der Waals surface area contributed by atoms with Gasteiger partial charge in [-0.15, -0.1) is 0 Å². The van der Waals surface area contributed by atoms with Crippen molar-refractivity contribution >= 4 is 0 Å². The van der Waals surface area contributed by atoms with Crippen molar-refractivity contribution in [3.8, 4) is 0 Å². The van der Waals surface area contributed by atoms with Crippen molar-refractivity contribution in [1.82, 2.24) is 0 Å². The normalized spacial score (nSPS) is 32.6. The molecule has 14 heavy (non-hydrogen) atoms. The molecule has 1 rings (SSSR count). The van der Waals surface area contributed by atoms with E-state index in [2.05, 4.69) is 27.7 Å². The monoisotopic (exact) mass is 196 g/mol. The van der Waals surface area contributed by atoms with Crippen LogP contribution < -0.4 is 0 Å². The topological polar surface area (TPSA) is 0 Å². The van der Waals surface area contributed by atoms with E-state index < -0.39 is 0 Å². The highest BCUT2D eigenvalue weighted by atomic mass is 14.4. The number of rotatable bonds is 4. The fourth-order valence-electron chi connectivity index (χ4n) is 3.41. The van der Waals surface area contributed by atoms with Crippen LogP contribution >= 0.6 is 0 Å². The molecule has 0 aromatic heterocycles. The van der Waals surface area contributed by atoms with Crippen LogP contribution in [0, 0.1) is 23.7 Å². The average molecular weight is 196 g/mol. The second-order valence-corrected chi connectivity index (χ2v) is 5.38. The van der Waals surface area contributed by atoms with Crippen molar-refractivity contribution < 1.29 is 0 Å². The Labute approximate surface area is 90.5 Å². The molecule has 84 valence electrons. The molecule has 0 aliphatic heterocycles. The van der Waals surface area contributed by atoms with Gasteiger partial charge in [0.15, 0.2) is 0 Å². The Kier molecular flexibility index (Phi) is 4.98. The first-order valence-electron chi connectivity index (χ1n) is 6.70. The highest BCUT2D eigenvalue weighted by Gasteiger charge is 2.30. The van der Waals surface area contributed by atoms with Crippen LogP contribution in [0.15, 0.2) is 0 Å². The Morgan fingerprint density at radius 3 is 2.21 bits per heavy atom. The predicted molar refractivity (Wildman–Crippen MR) is 64.4 cm³/mol. The molecule has 4 unspecified atom stereocenters. The van der Waals surface area contributed by atoms with Crippen LogP contribution in [0.1, 0.15) is 66.2 Å². The maximum absolute atomic E-state index is 2.48. The van der Waals surface area contributed by atoms with Gasteiger partial charge in [-0.25, -0.2) is 0 Å². The summed E-state index contributed by atoms with van der Waals surface area (Å²) in [5, 5.41) is 0. The van der Waals surface area contributed by atoms with Gasteiger partial charge in [0.2, 0.25) is 0 Å². The first-order chi connectivity index (χ1) is 6.70. The molecule has 0 saturated heterocycles. The van der Waals surface area contributed by atoms with Gasteiger partial charge in [0.25, 0.3) is 0 Å². The van der Waals surface area contributed by atoms with Gasteiger partial charge in [-0.05, 0) is 30.1 Å². The van der Waals surface area contributed by atoms with Crippen LogP contribution in [0.25, 0.3) is 0 Å². The van der Waals surface area contributed by atoms with Crippen molar-refractivity contribution in [2.45, 2.75) is 66.2 Å². The van der Waals surface area contributed by atoms with E-state index >= 15 is 0 Å². The first-order valence-corrected chi connectivity index (χ1v) is 6.70. The Morgan fingerprint density at radius 2 is 1.71 bits per heavy atom. The lowest BCUT2D eigenvalue weighted by Crippen LogP contribution is -2.28. The maximum Gasteiger partial charge on any atom is -0.0358 e. The summed E-state index contributed by atoms with van der Waals surface area (Å²) in [4.78, 5) is 0. The minimum atomic E-state index is 0.936. The van der Waals surface area contributed by atoms with Crippen LogP contribution in [0.4, 0.5) is 0 Å². The van der Waals surface area contributed by atoms with E-state index in [1.807, 2.05) is 0 Å². The fraction of sp³-hybridized carbons (Fsp3) is 1.00. The van der Waals surface area contributed by atoms with Gasteiger partial charge in [0.1, 0.15) is 0 Å². The third-order valence-corrected chi connectivity index (χ3v) is 4.57. The SMILES string of the molecule is CCC(C)C(CC)C1CCCCC1C. The molecule has 0 N–H and O–H groups in total. The molecular weight excluding hydrogens is 168 g/mol. The standard InChI is InChI=1S/C14H28/c1-5-11(3)13(6-2)14-10-8-7-9-12(14)4/h11-14H,5-10H2,1-4H3. The van der Waals surface area contributed by atoms with Gasteiger partial charge in [-0.1, -0.05) is 59.8 Å². The average Bonchev–Trinajstić information content (AvgIpc) is 2.21. The summed E-state index contributed by atoms with van der Waals surface area (Å²) in [6.45, 7) is 9.67. The third-order valence-electron chi connectivity index (χ3n) is 4.57. The molecule has 0 aromatic carbocycles. The van der Waals surface area contributed by atoms with Crippen LogP contribution in [-0.2, 0) is 0 Å². The van der Waals surface area contributed by atoms with E-state index in [4.69, 9.17) is 0 Å². The number of hydrogen-bond donors (Lipinski definition) is 0. The number of hydrogen-bond acceptors (Lipinski definition) is 0. The van der Waals surface area contributed by atoms with Gasteiger partial charge >= 0.3 is 0 Å². The van der Waals surface area contributed by atoms with Crippen LogP contribution in [0.5, 0.6) is 0 Å². The van der Waals surface area contributed by atoms with E-state index in [1.54, 1.807) is 0 Å². The molecule has 1 aliphatic carbocycles. The summed E-state index contributed by atoms with van der Waals surface area (Å²) >= 11 is 0. The van der Waals surface area contributed by atoms with E-state index in [-0.39, 0.29) is 0 Å². The van der Waals surface area contributed by atoms with Crippen molar-refractivity contribution in [2.24, 2.45) is 23.7 Å². The molecule has 0 heterocycles. The van der Waals surface area contributed by atoms with Crippen molar-refractivity contribution in [1.29, 1.82) is 0 Å². The lowest BCUT2D eigenvalue weighted by molar-refractivity contribution is 0.125. The van der Waals surface area contributed by atoms with E-state index in [9.17, 15) is 0 Å². The zero-order chi connectivity index (χ0) is 10.6. The minimum absolute atomic E-state index is 0.936. The Bertz CT molecular complexity index is 146. The summed E-state index contributed by atoms with van der Waals surface area (Å²) in [5.41, 5.74) is 0. The highest BCUT2D eigenvalue weighted by Crippen LogP contribution is 2.40. The molecule has 0 heteroatoms. The van der Waals surface area contributed by atoms with Crippen molar-refractivity contribution in [3.63, 3.8) is 0 Å². The molecule has 0 aromatic rings. The van der Waals surface area contributed by atoms with Crippen LogP contribution in [-0.4, -0.2) is 0 Å². The Morgan fingerprint density at radius 1 is 1.07 bits per heavy atom. The van der Waals surface area contributed by atoms with E-state index in [0.29, 0.717) is 0 Å². The second-order valence-electron chi connectivity index (χ2n) is 5.38. The van der Waals surface area contributed by atoms with Gasteiger partial charge in [0, 0.05) is 0 Å². The van der Waals surface area contributed by atoms with E-state index in [0.717, 1.165) is 23.7 Å². The summed E-state index contributed by atoms with van der Waals surface area (Å²) in [6.07, 6.45) is 8.71. The molecule has 0 nitrogen and oxygen atoms in total. The molecule has 0 amide bonds. The molecular formula is C14H28. The molecule has 0 radical (unpaired) electrons. The summed E-state index contributed by atoms with van der Waals surface area (Å²) in [7, 11) is 0. The van der Waals surface area contributed by atoms with Gasteiger partial charge < -0.3 is 0 Å². The largest absolute Gasteiger partial charge is 0.0651 e. The molecule has 4 atom stereocenters. The molecule has 1 saturated carbocycles. The van der Waals surface area contributed by atoms with Gasteiger partial charge in [-0.3, -0.25) is 0 Å². The van der Waals surface area contributed by atoms with Crippen LogP contribution in [0.3, 0.4) is 0 Å². The van der Waals surface area contributed by atoms with Crippen molar-refractivity contribution in [3.05, 3.63) is 0 Å². The Hall–Kier alpha value is 0. The quantitative estimate of drug-likeness (QED) is 0.601. The summed E-state index contributed by atoms with van der Waals surface area (Å²) < 4.78 is 0. The Balaban J connectivity index is 2.57. The van der Waals surface area contributed by atoms with Gasteiger partial charge in [-0.2, -0.15) is 0 Å². The lowest BCUT2D eigenvalue weighted by Gasteiger charge is -2.38. The molecule has 0 bridgehead atoms. The maximum atomic E-state index is 2.48. The molecule has 1 fully saturated rings. The van der Waals surface area contributed by atoms with Crippen LogP contribution in [0.2, 0.25) is 0 Å². The summed E-state index contributed by atoms with van der Waals surface area (Å²) in [6, 6.07) is 0. The smallest absolute Gasteiger partial charge is 0.0358 e. The fourth-order valence-corrected chi connectivity index (χ4v) is 3.41. The van der Waals surface area contributed by atoms with Crippen molar-refractivity contribution in [2.75, 3.05) is 0 Å². The lowest BCUT2D eigenvalue weighted by atomic mass is 9.68. The molecule has 1 aliphatic rings. The first kappa shape index (κ1) is 12.1. The van der Waals surface area contributed by atoms with E-state index in [1.165, 1.54) is 38.5 Å². The highest BCUT2D eigenvalue weighted by molar-refractivity contribution is 4.80. The second kappa shape index (κ2) is 5.78.